The van der Waals surface area contributed by atoms with Gasteiger partial charge in [-0.2, -0.15) is 0 Å². The summed E-state index contributed by atoms with van der Waals surface area (Å²) in [5.41, 5.74) is 1.28. The van der Waals surface area contributed by atoms with Crippen LogP contribution in [-0.4, -0.2) is 26.4 Å². The zero-order valence-electron chi connectivity index (χ0n) is 13.2. The fraction of sp³-hybridized carbons (Fsp3) is 0. The van der Waals surface area contributed by atoms with Gasteiger partial charge in [0.15, 0.2) is 0 Å². The van der Waals surface area contributed by atoms with Crippen molar-refractivity contribution in [3.63, 3.8) is 0 Å². The van der Waals surface area contributed by atoms with Gasteiger partial charge in [-0.05, 0) is 98.3 Å². The molecule has 0 aliphatic rings. The maximum Gasteiger partial charge on any atom is 0.342 e. The fourth-order valence-corrected chi connectivity index (χ4v) is 4.31. The van der Waals surface area contributed by atoms with E-state index in [-0.39, 0.29) is 21.8 Å². The molecule has 0 unspecified atom stereocenters. The topological polar surface area (TPSA) is 96.5 Å². The second-order valence-electron chi connectivity index (χ2n) is 5.13. The van der Waals surface area contributed by atoms with Crippen LogP contribution < -0.4 is 0 Å². The van der Waals surface area contributed by atoms with Gasteiger partial charge in [-0.1, -0.05) is 11.6 Å². The molecule has 6 nitrogen and oxygen atoms in total. The molecule has 138 valence electrons. The highest BCUT2D eigenvalue weighted by atomic mass is 127. The van der Waals surface area contributed by atoms with Gasteiger partial charge in [-0.3, -0.25) is 0 Å². The second-order valence-corrected chi connectivity index (χ2v) is 8.58. The number of benzene rings is 2. The lowest BCUT2D eigenvalue weighted by molar-refractivity contribution is -0.131. The molecule has 0 amide bonds. The quantitative estimate of drug-likeness (QED) is 0.228. The SMILES string of the molecule is O=C(O)/C(=C/c1cc(Br)c(O)c(I)c1)Sc1nnc(-c2ccc(Cl)cc2)o1. The maximum absolute atomic E-state index is 11.6. The van der Waals surface area contributed by atoms with Crippen LogP contribution in [0.5, 0.6) is 5.75 Å². The van der Waals surface area contributed by atoms with Crippen LogP contribution in [0.4, 0.5) is 0 Å². The first kappa shape index (κ1) is 20.2. The first-order valence-electron chi connectivity index (χ1n) is 7.24. The molecule has 3 rings (SSSR count). The zero-order chi connectivity index (χ0) is 19.6. The monoisotopic (exact) mass is 578 g/mol. The summed E-state index contributed by atoms with van der Waals surface area (Å²) in [6, 6.07) is 10.1. The summed E-state index contributed by atoms with van der Waals surface area (Å²) in [4.78, 5) is 11.6. The molecule has 3 aromatic rings. The molecule has 1 aromatic heterocycles. The lowest BCUT2D eigenvalue weighted by atomic mass is 10.2. The molecular weight excluding hydrogens is 571 g/mol. The number of thioether (sulfide) groups is 1. The smallest absolute Gasteiger partial charge is 0.342 e. The van der Waals surface area contributed by atoms with Crippen molar-refractivity contribution < 1.29 is 19.4 Å². The van der Waals surface area contributed by atoms with Crippen molar-refractivity contribution in [1.29, 1.82) is 0 Å². The fourth-order valence-electron chi connectivity index (χ4n) is 2.01. The van der Waals surface area contributed by atoms with Crippen molar-refractivity contribution in [2.24, 2.45) is 0 Å². The number of nitrogens with zero attached hydrogens (tertiary/aromatic N) is 2. The summed E-state index contributed by atoms with van der Waals surface area (Å²) in [6.45, 7) is 0. The molecule has 0 saturated carbocycles. The van der Waals surface area contributed by atoms with Crippen molar-refractivity contribution in [2.45, 2.75) is 5.22 Å². The van der Waals surface area contributed by atoms with E-state index in [0.29, 0.717) is 24.2 Å². The molecule has 2 aromatic carbocycles. The molecule has 0 spiro atoms. The van der Waals surface area contributed by atoms with Gasteiger partial charge in [0.2, 0.25) is 5.89 Å². The van der Waals surface area contributed by atoms with E-state index >= 15 is 0 Å². The minimum Gasteiger partial charge on any atom is -0.506 e. The summed E-state index contributed by atoms with van der Waals surface area (Å²) in [5, 5.41) is 27.8. The van der Waals surface area contributed by atoms with Gasteiger partial charge < -0.3 is 14.6 Å². The van der Waals surface area contributed by atoms with E-state index in [4.69, 9.17) is 16.0 Å². The highest BCUT2D eigenvalue weighted by Gasteiger charge is 2.16. The number of rotatable bonds is 5. The highest BCUT2D eigenvalue weighted by Crippen LogP contribution is 2.34. The number of carboxylic acid groups (broad SMARTS) is 1. The molecule has 10 heteroatoms. The molecule has 0 saturated heterocycles. The summed E-state index contributed by atoms with van der Waals surface area (Å²) < 4.78 is 6.60. The largest absolute Gasteiger partial charge is 0.506 e. The normalized spacial score (nSPS) is 11.6. The number of halogens is 3. The molecule has 0 atom stereocenters. The van der Waals surface area contributed by atoms with Crippen molar-refractivity contribution in [3.05, 3.63) is 59.9 Å². The average molecular weight is 580 g/mol. The van der Waals surface area contributed by atoms with Crippen molar-refractivity contribution in [2.75, 3.05) is 0 Å². The van der Waals surface area contributed by atoms with E-state index in [9.17, 15) is 15.0 Å². The third-order valence-electron chi connectivity index (χ3n) is 3.24. The Morgan fingerprint density at radius 1 is 1.26 bits per heavy atom. The van der Waals surface area contributed by atoms with Crippen molar-refractivity contribution in [3.8, 4) is 17.2 Å². The van der Waals surface area contributed by atoms with Crippen LogP contribution in [0.25, 0.3) is 17.5 Å². The number of aliphatic carboxylic acids is 1. The number of phenols is 1. The molecular formula is C17H9BrClIN2O4S. The van der Waals surface area contributed by atoms with Gasteiger partial charge in [-0.15, -0.1) is 10.2 Å². The summed E-state index contributed by atoms with van der Waals surface area (Å²) >= 11 is 11.9. The van der Waals surface area contributed by atoms with Gasteiger partial charge in [0, 0.05) is 10.6 Å². The number of aromatic nitrogens is 2. The van der Waals surface area contributed by atoms with Crippen LogP contribution in [0.15, 0.2) is 55.4 Å². The summed E-state index contributed by atoms with van der Waals surface area (Å²) in [5.74, 6) is -0.770. The molecule has 0 radical (unpaired) electrons. The van der Waals surface area contributed by atoms with E-state index in [1.807, 2.05) is 22.6 Å². The number of hydrogen-bond acceptors (Lipinski definition) is 6. The Morgan fingerprint density at radius 3 is 2.59 bits per heavy atom. The molecule has 1 heterocycles. The first-order valence-corrected chi connectivity index (χ1v) is 10.3. The Balaban J connectivity index is 1.87. The molecule has 0 bridgehead atoms. The molecule has 27 heavy (non-hydrogen) atoms. The second kappa shape index (κ2) is 8.63. The van der Waals surface area contributed by atoms with Crippen LogP contribution in [0, 0.1) is 3.57 Å². The van der Waals surface area contributed by atoms with Crippen LogP contribution in [0.1, 0.15) is 5.56 Å². The molecule has 0 fully saturated rings. The Bertz CT molecular complexity index is 1020. The predicted octanol–water partition coefficient (Wildman–Crippen LogP) is 5.68. The first-order chi connectivity index (χ1) is 12.8. The Morgan fingerprint density at radius 2 is 1.96 bits per heavy atom. The van der Waals surface area contributed by atoms with E-state index in [2.05, 4.69) is 26.1 Å². The summed E-state index contributed by atoms with van der Waals surface area (Å²) in [6.07, 6.45) is 1.46. The van der Waals surface area contributed by atoms with Crippen LogP contribution >= 0.6 is 61.9 Å². The van der Waals surface area contributed by atoms with E-state index in [0.717, 1.165) is 11.8 Å². The van der Waals surface area contributed by atoms with E-state index in [1.165, 1.54) is 6.08 Å². The lowest BCUT2D eigenvalue weighted by Crippen LogP contribution is -1.97. The van der Waals surface area contributed by atoms with Crippen LogP contribution in [0.3, 0.4) is 0 Å². The third kappa shape index (κ3) is 5.03. The van der Waals surface area contributed by atoms with E-state index < -0.39 is 5.97 Å². The standard InChI is InChI=1S/C17H9BrClIN2O4S/c18-11-5-8(6-12(20)14(11)23)7-13(16(24)25)27-17-22-21-15(26-17)9-1-3-10(19)4-2-9/h1-7,23H,(H,24,25)/b13-7-. The highest BCUT2D eigenvalue weighted by molar-refractivity contribution is 14.1. The van der Waals surface area contributed by atoms with Crippen LogP contribution in [0.2, 0.25) is 5.02 Å². The van der Waals surface area contributed by atoms with Gasteiger partial charge in [0.25, 0.3) is 5.22 Å². The summed E-state index contributed by atoms with van der Waals surface area (Å²) in [7, 11) is 0. The Labute approximate surface area is 184 Å². The predicted molar refractivity (Wildman–Crippen MR) is 115 cm³/mol. The molecule has 0 aliphatic heterocycles. The Kier molecular flexibility index (Phi) is 6.45. The Hall–Kier alpha value is -1.56. The number of carbonyl (C=O) groups is 1. The molecule has 2 N–H and O–H groups in total. The van der Waals surface area contributed by atoms with Gasteiger partial charge in [-0.25, -0.2) is 4.79 Å². The maximum atomic E-state index is 11.6. The minimum absolute atomic E-state index is 0.00491. The third-order valence-corrected chi connectivity index (χ3v) is 5.77. The van der Waals surface area contributed by atoms with Crippen molar-refractivity contribution in [1.82, 2.24) is 10.2 Å². The van der Waals surface area contributed by atoms with Crippen LogP contribution in [-0.2, 0) is 4.79 Å². The number of hydrogen-bond donors (Lipinski definition) is 2. The van der Waals surface area contributed by atoms with Gasteiger partial charge in [0.05, 0.1) is 8.04 Å². The van der Waals surface area contributed by atoms with Gasteiger partial charge in [0.1, 0.15) is 10.7 Å². The lowest BCUT2D eigenvalue weighted by Gasteiger charge is -2.04. The van der Waals surface area contributed by atoms with E-state index in [1.54, 1.807) is 36.4 Å². The number of aromatic hydroxyl groups is 1. The van der Waals surface area contributed by atoms with Gasteiger partial charge >= 0.3 is 5.97 Å². The zero-order valence-corrected chi connectivity index (χ0v) is 18.5. The number of carboxylic acids is 1. The minimum atomic E-state index is -1.13. The number of phenolic OH excluding ortho intramolecular Hbond substituents is 1. The van der Waals surface area contributed by atoms with Crippen molar-refractivity contribution >= 4 is 73.9 Å². The molecule has 0 aliphatic carbocycles. The average Bonchev–Trinajstić information content (AvgIpc) is 3.08.